The third kappa shape index (κ3) is 4.70. The van der Waals surface area contributed by atoms with Gasteiger partial charge in [0.05, 0.1) is 0 Å². The van der Waals surface area contributed by atoms with E-state index in [1.165, 1.54) is 34.6 Å². The molecule has 3 aliphatic rings. The summed E-state index contributed by atoms with van der Waals surface area (Å²) in [5.74, 6) is 0. The first-order chi connectivity index (χ1) is 15.2. The average Bonchev–Trinajstić information content (AvgIpc) is 3.40. The number of likely N-dealkylation sites (tertiary alicyclic amines) is 2. The molecule has 0 radical (unpaired) electrons. The van der Waals surface area contributed by atoms with E-state index in [0.717, 1.165) is 58.8 Å². The van der Waals surface area contributed by atoms with Crippen molar-refractivity contribution < 1.29 is 22.7 Å². The Bertz CT molecular complexity index is 815. The van der Waals surface area contributed by atoms with Gasteiger partial charge in [-0.05, 0) is 76.1 Å². The van der Waals surface area contributed by atoms with Crippen molar-refractivity contribution in [3.63, 3.8) is 0 Å². The fourth-order valence-electron chi connectivity index (χ4n) is 5.55. The first-order valence-corrected chi connectivity index (χ1v) is 11.8. The zero-order valence-electron chi connectivity index (χ0n) is 19.1. The Morgan fingerprint density at radius 2 is 1.75 bits per heavy atom. The second-order valence-electron chi connectivity index (χ2n) is 9.56. The van der Waals surface area contributed by atoms with Gasteiger partial charge in [0.25, 0.3) is 0 Å². The maximum absolute atomic E-state index is 12.7. The van der Waals surface area contributed by atoms with Crippen LogP contribution < -0.4 is 4.90 Å². The highest BCUT2D eigenvalue weighted by Crippen LogP contribution is 2.40. The monoisotopic (exact) mass is 453 g/mol. The number of hydrogen-bond donors (Lipinski definition) is 0. The Balaban J connectivity index is 1.39. The Hall–Kier alpha value is -1.96. The zero-order chi connectivity index (χ0) is 22.9. The van der Waals surface area contributed by atoms with Crippen LogP contribution in [0.3, 0.4) is 0 Å². The molecule has 1 atom stereocenters. The Labute approximate surface area is 188 Å². The van der Waals surface area contributed by atoms with E-state index in [9.17, 15) is 18.0 Å². The summed E-state index contributed by atoms with van der Waals surface area (Å²) in [6.45, 7) is 8.10. The van der Waals surface area contributed by atoms with E-state index in [2.05, 4.69) is 39.7 Å². The van der Waals surface area contributed by atoms with Crippen LogP contribution in [0, 0.1) is 6.92 Å². The van der Waals surface area contributed by atoms with Gasteiger partial charge in [0.15, 0.2) is 6.10 Å². The van der Waals surface area contributed by atoms with E-state index in [1.807, 2.05) is 0 Å². The molecule has 32 heavy (non-hydrogen) atoms. The van der Waals surface area contributed by atoms with Gasteiger partial charge in [-0.2, -0.15) is 13.2 Å². The van der Waals surface area contributed by atoms with Crippen molar-refractivity contribution in [2.45, 2.75) is 76.7 Å². The third-order valence-corrected chi connectivity index (χ3v) is 7.66. The molecule has 3 saturated heterocycles. The Morgan fingerprint density at radius 1 is 1.06 bits per heavy atom. The molecular weight excluding hydrogens is 419 g/mol. The number of carbonyl (C=O) groups is 1. The smallest absolute Gasteiger partial charge is 0.425 e. The summed E-state index contributed by atoms with van der Waals surface area (Å²) >= 11 is 0. The summed E-state index contributed by atoms with van der Waals surface area (Å²) in [7, 11) is 0. The molecule has 3 heterocycles. The minimum absolute atomic E-state index is 0.0164. The van der Waals surface area contributed by atoms with E-state index in [4.69, 9.17) is 0 Å². The zero-order valence-corrected chi connectivity index (χ0v) is 19.1. The molecule has 1 unspecified atom stereocenters. The molecule has 1 amide bonds. The quantitative estimate of drug-likeness (QED) is 0.635. The fraction of sp³-hybridized carbons (Fsp3) is 0.708. The van der Waals surface area contributed by atoms with Gasteiger partial charge >= 0.3 is 12.3 Å². The van der Waals surface area contributed by atoms with Crippen LogP contribution >= 0.6 is 0 Å². The molecule has 5 nitrogen and oxygen atoms in total. The Kier molecular flexibility index (Phi) is 6.61. The molecule has 0 bridgehead atoms. The first-order valence-electron chi connectivity index (χ1n) is 11.8. The molecule has 0 saturated carbocycles. The number of hydrogen-bond acceptors (Lipinski definition) is 4. The molecule has 3 aliphatic heterocycles. The highest BCUT2D eigenvalue weighted by atomic mass is 19.4. The van der Waals surface area contributed by atoms with Gasteiger partial charge in [0.2, 0.25) is 0 Å². The van der Waals surface area contributed by atoms with Crippen LogP contribution in [-0.4, -0.2) is 66.4 Å². The fourth-order valence-corrected chi connectivity index (χ4v) is 5.55. The first kappa shape index (κ1) is 23.2. The number of carbonyl (C=O) groups excluding carboxylic acids is 1. The maximum atomic E-state index is 12.7. The molecule has 3 fully saturated rings. The lowest BCUT2D eigenvalue weighted by molar-refractivity contribution is -0.200. The highest BCUT2D eigenvalue weighted by molar-refractivity contribution is 5.68. The van der Waals surface area contributed by atoms with Gasteiger partial charge < -0.3 is 14.5 Å². The van der Waals surface area contributed by atoms with Gasteiger partial charge in [0.1, 0.15) is 0 Å². The predicted octanol–water partition coefficient (Wildman–Crippen LogP) is 5.11. The third-order valence-electron chi connectivity index (χ3n) is 7.66. The van der Waals surface area contributed by atoms with E-state index in [-0.39, 0.29) is 5.54 Å². The number of alkyl halides is 3. The molecule has 1 aromatic carbocycles. The largest absolute Gasteiger partial charge is 0.437 e. The number of benzene rings is 1. The number of anilines is 1. The van der Waals surface area contributed by atoms with E-state index >= 15 is 0 Å². The minimum Gasteiger partial charge on any atom is -0.437 e. The summed E-state index contributed by atoms with van der Waals surface area (Å²) < 4.78 is 42.8. The van der Waals surface area contributed by atoms with Crippen molar-refractivity contribution >= 4 is 11.8 Å². The molecule has 8 heteroatoms. The number of rotatable bonds is 4. The normalized spacial score (nSPS) is 22.5. The summed E-state index contributed by atoms with van der Waals surface area (Å²) in [4.78, 5) is 18.7. The molecule has 0 aromatic heterocycles. The lowest BCUT2D eigenvalue weighted by Crippen LogP contribution is -2.53. The second-order valence-corrected chi connectivity index (χ2v) is 9.56. The lowest BCUT2D eigenvalue weighted by Gasteiger charge is -2.45. The lowest BCUT2D eigenvalue weighted by atomic mass is 9.84. The molecular formula is C24H34F3N3O2. The number of piperidine rings is 1. The van der Waals surface area contributed by atoms with Gasteiger partial charge in [-0.3, -0.25) is 4.90 Å². The summed E-state index contributed by atoms with van der Waals surface area (Å²) in [6, 6.07) is 6.58. The van der Waals surface area contributed by atoms with Crippen molar-refractivity contribution in [1.29, 1.82) is 0 Å². The number of halogens is 3. The van der Waals surface area contributed by atoms with Crippen molar-refractivity contribution in [2.24, 2.45) is 0 Å². The average molecular weight is 454 g/mol. The van der Waals surface area contributed by atoms with Gasteiger partial charge in [-0.1, -0.05) is 12.1 Å². The van der Waals surface area contributed by atoms with Gasteiger partial charge in [-0.15, -0.1) is 0 Å². The number of amides is 1. The Morgan fingerprint density at radius 3 is 2.41 bits per heavy atom. The molecule has 4 rings (SSSR count). The predicted molar refractivity (Wildman–Crippen MR) is 118 cm³/mol. The van der Waals surface area contributed by atoms with Crippen LogP contribution in [-0.2, 0) is 11.3 Å². The molecule has 178 valence electrons. The van der Waals surface area contributed by atoms with Crippen molar-refractivity contribution in [3.8, 4) is 0 Å². The summed E-state index contributed by atoms with van der Waals surface area (Å²) in [5.41, 5.74) is 4.04. The second kappa shape index (κ2) is 9.12. The van der Waals surface area contributed by atoms with E-state index in [1.54, 1.807) is 0 Å². The summed E-state index contributed by atoms with van der Waals surface area (Å²) in [5, 5.41) is 0. The molecule has 0 aliphatic carbocycles. The van der Waals surface area contributed by atoms with E-state index < -0.39 is 18.4 Å². The topological polar surface area (TPSA) is 36.0 Å². The van der Waals surface area contributed by atoms with Crippen LogP contribution in [0.2, 0.25) is 0 Å². The number of nitrogens with zero attached hydrogens (tertiary/aromatic N) is 3. The van der Waals surface area contributed by atoms with Crippen LogP contribution in [0.1, 0.15) is 56.6 Å². The van der Waals surface area contributed by atoms with Crippen LogP contribution in [0.5, 0.6) is 0 Å². The minimum atomic E-state index is -4.53. The molecule has 1 spiro atoms. The highest BCUT2D eigenvalue weighted by Gasteiger charge is 2.45. The molecule has 1 aromatic rings. The van der Waals surface area contributed by atoms with Crippen molar-refractivity contribution in [2.75, 3.05) is 37.6 Å². The van der Waals surface area contributed by atoms with Crippen LogP contribution in [0.4, 0.5) is 23.7 Å². The summed E-state index contributed by atoms with van der Waals surface area (Å²) in [6.07, 6.45) is -1.25. The van der Waals surface area contributed by atoms with Gasteiger partial charge in [-0.25, -0.2) is 4.79 Å². The van der Waals surface area contributed by atoms with Crippen LogP contribution in [0.15, 0.2) is 18.2 Å². The van der Waals surface area contributed by atoms with Crippen molar-refractivity contribution in [3.05, 3.63) is 29.3 Å². The SMILES string of the molecule is Cc1c(CN2CCCC23CCN(C(=O)OC(C)C(F)(F)F)CC3)cccc1N1CCCC1. The van der Waals surface area contributed by atoms with Crippen molar-refractivity contribution in [1.82, 2.24) is 9.80 Å². The van der Waals surface area contributed by atoms with Gasteiger partial charge in [0, 0.05) is 44.0 Å². The molecule has 0 N–H and O–H groups in total. The van der Waals surface area contributed by atoms with E-state index in [0.29, 0.717) is 13.1 Å². The standard InChI is InChI=1S/C24H34F3N3O2/c1-18-20(7-5-8-21(18)28-12-3-4-13-28)17-30-14-6-9-23(30)10-15-29(16-11-23)22(31)32-19(2)24(25,26)27/h5,7-8,19H,3-4,6,9-17H2,1-2H3. The number of ether oxygens (including phenoxy) is 1. The maximum Gasteiger partial charge on any atom is 0.425 e. The van der Waals surface area contributed by atoms with Crippen LogP contribution in [0.25, 0.3) is 0 Å².